The molecule has 2 N–H and O–H groups in total. The molecule has 2 unspecified atom stereocenters. The van der Waals surface area contributed by atoms with Gasteiger partial charge in [-0.05, 0) is 26.0 Å². The Labute approximate surface area is 143 Å². The number of carbonyl (C=O) groups is 1. The second-order valence-corrected chi connectivity index (χ2v) is 6.82. The summed E-state index contributed by atoms with van der Waals surface area (Å²) in [5.41, 5.74) is 0.562. The summed E-state index contributed by atoms with van der Waals surface area (Å²) in [6, 6.07) is 3.10. The highest BCUT2D eigenvalue weighted by molar-refractivity contribution is 7.13. The van der Waals surface area contributed by atoms with E-state index in [2.05, 4.69) is 34.0 Å². The molecule has 1 aliphatic rings. The fraction of sp³-hybridized carbons (Fsp3) is 0.438. The first-order valence-electron chi connectivity index (χ1n) is 7.82. The van der Waals surface area contributed by atoms with Crippen LogP contribution in [-0.4, -0.2) is 46.1 Å². The molecule has 3 heterocycles. The van der Waals surface area contributed by atoms with E-state index in [0.29, 0.717) is 5.13 Å². The van der Waals surface area contributed by atoms with Crippen molar-refractivity contribution in [3.8, 4) is 0 Å². The van der Waals surface area contributed by atoms with Crippen LogP contribution >= 0.6 is 11.3 Å². The molecule has 1 saturated heterocycles. The molecule has 2 aromatic rings. The third-order valence-corrected chi connectivity index (χ3v) is 4.52. The second-order valence-electron chi connectivity index (χ2n) is 5.96. The maximum Gasteiger partial charge on any atom is 0.263 e. The first-order valence-corrected chi connectivity index (χ1v) is 8.70. The number of rotatable bonds is 4. The number of thiazole rings is 1. The van der Waals surface area contributed by atoms with Crippen molar-refractivity contribution in [3.05, 3.63) is 45.3 Å². The lowest BCUT2D eigenvalue weighted by atomic mass is 10.2. The van der Waals surface area contributed by atoms with E-state index in [1.54, 1.807) is 6.07 Å². The molecule has 0 bridgehead atoms. The van der Waals surface area contributed by atoms with Gasteiger partial charge in [0.2, 0.25) is 0 Å². The third kappa shape index (κ3) is 4.08. The summed E-state index contributed by atoms with van der Waals surface area (Å²) in [5.74, 6) is -0.452. The Bertz CT molecular complexity index is 762. The van der Waals surface area contributed by atoms with Gasteiger partial charge < -0.3 is 9.72 Å². The van der Waals surface area contributed by atoms with Crippen molar-refractivity contribution < 1.29 is 9.53 Å². The van der Waals surface area contributed by atoms with Crippen molar-refractivity contribution >= 4 is 22.4 Å². The molecule has 1 amide bonds. The Kier molecular flexibility index (Phi) is 5.08. The number of ether oxygens (including phenoxy) is 1. The van der Waals surface area contributed by atoms with E-state index in [1.807, 2.05) is 5.38 Å². The quantitative estimate of drug-likeness (QED) is 0.878. The van der Waals surface area contributed by atoms with E-state index in [1.165, 1.54) is 23.6 Å². The number of pyridine rings is 1. The van der Waals surface area contributed by atoms with Crippen molar-refractivity contribution in [3.63, 3.8) is 0 Å². The zero-order valence-electron chi connectivity index (χ0n) is 13.6. The van der Waals surface area contributed by atoms with Gasteiger partial charge in [0.15, 0.2) is 5.13 Å². The molecule has 1 fully saturated rings. The van der Waals surface area contributed by atoms with E-state index in [4.69, 9.17) is 4.74 Å². The summed E-state index contributed by atoms with van der Waals surface area (Å²) in [5, 5.41) is 5.10. The highest BCUT2D eigenvalue weighted by atomic mass is 32.1. The molecule has 0 radical (unpaired) electrons. The normalized spacial score (nSPS) is 21.6. The summed E-state index contributed by atoms with van der Waals surface area (Å²) < 4.78 is 5.72. The summed E-state index contributed by atoms with van der Waals surface area (Å²) in [6.07, 6.45) is 1.90. The van der Waals surface area contributed by atoms with Crippen molar-refractivity contribution in [1.82, 2.24) is 14.9 Å². The number of H-pyrrole nitrogens is 1. The largest absolute Gasteiger partial charge is 0.373 e. The first kappa shape index (κ1) is 16.8. The van der Waals surface area contributed by atoms with E-state index in [9.17, 15) is 9.59 Å². The number of hydrogen-bond acceptors (Lipinski definition) is 6. The van der Waals surface area contributed by atoms with Crippen LogP contribution < -0.4 is 10.9 Å². The number of hydrogen-bond donors (Lipinski definition) is 2. The fourth-order valence-corrected chi connectivity index (χ4v) is 3.54. The molecule has 24 heavy (non-hydrogen) atoms. The minimum atomic E-state index is -0.452. The standard InChI is InChI=1S/C16H20N4O3S/c1-10-6-20(7-11(2)23-10)8-12-9-24-16(18-12)19-15(22)13-4-3-5-17-14(13)21/h3-5,9-11H,6-8H2,1-2H3,(H,17,21)(H,18,19,22). The van der Waals surface area contributed by atoms with Crippen molar-refractivity contribution in [2.75, 3.05) is 18.4 Å². The number of carbonyl (C=O) groups excluding carboxylic acids is 1. The van der Waals surface area contributed by atoms with Gasteiger partial charge in [0.25, 0.3) is 11.5 Å². The SMILES string of the molecule is CC1CN(Cc2csc(NC(=O)c3ccc[nH]c3=O)n2)CC(C)O1. The molecule has 2 aromatic heterocycles. The molecule has 0 aromatic carbocycles. The molecule has 0 saturated carbocycles. The number of morpholine rings is 1. The van der Waals surface area contributed by atoms with Gasteiger partial charge in [-0.2, -0.15) is 0 Å². The van der Waals surface area contributed by atoms with Crippen LogP contribution in [0.4, 0.5) is 5.13 Å². The number of anilines is 1. The van der Waals surface area contributed by atoms with Crippen LogP contribution in [0.15, 0.2) is 28.5 Å². The number of aromatic nitrogens is 2. The highest BCUT2D eigenvalue weighted by Crippen LogP contribution is 2.19. The Morgan fingerprint density at radius 2 is 2.21 bits per heavy atom. The first-order chi connectivity index (χ1) is 11.5. The number of aromatic amines is 1. The molecule has 0 spiro atoms. The summed E-state index contributed by atoms with van der Waals surface area (Å²) in [7, 11) is 0. The summed E-state index contributed by atoms with van der Waals surface area (Å²) in [4.78, 5) is 33.0. The van der Waals surface area contributed by atoms with Gasteiger partial charge in [0.05, 0.1) is 17.9 Å². The molecule has 2 atom stereocenters. The van der Waals surface area contributed by atoms with Crippen LogP contribution in [0.2, 0.25) is 0 Å². The van der Waals surface area contributed by atoms with Crippen LogP contribution in [0.5, 0.6) is 0 Å². The van der Waals surface area contributed by atoms with Crippen LogP contribution in [0, 0.1) is 0 Å². The minimum absolute atomic E-state index is 0.0741. The highest BCUT2D eigenvalue weighted by Gasteiger charge is 2.23. The predicted molar refractivity (Wildman–Crippen MR) is 92.4 cm³/mol. The summed E-state index contributed by atoms with van der Waals surface area (Å²) in [6.45, 7) is 6.57. The molecule has 128 valence electrons. The number of nitrogens with one attached hydrogen (secondary N) is 2. The maximum atomic E-state index is 12.1. The summed E-state index contributed by atoms with van der Waals surface area (Å²) >= 11 is 1.36. The smallest absolute Gasteiger partial charge is 0.263 e. The average Bonchev–Trinajstić information content (AvgIpc) is 2.93. The molecule has 3 rings (SSSR count). The van der Waals surface area contributed by atoms with E-state index in [0.717, 1.165) is 25.3 Å². The molecular formula is C16H20N4O3S. The van der Waals surface area contributed by atoms with Crippen molar-refractivity contribution in [2.24, 2.45) is 0 Å². The molecule has 1 aliphatic heterocycles. The number of amides is 1. The van der Waals surface area contributed by atoms with Gasteiger partial charge in [-0.15, -0.1) is 11.3 Å². The van der Waals surface area contributed by atoms with Gasteiger partial charge in [-0.1, -0.05) is 0 Å². The van der Waals surface area contributed by atoms with Crippen molar-refractivity contribution in [1.29, 1.82) is 0 Å². The lowest BCUT2D eigenvalue weighted by Crippen LogP contribution is -2.44. The van der Waals surface area contributed by atoms with Crippen molar-refractivity contribution in [2.45, 2.75) is 32.6 Å². The lowest BCUT2D eigenvalue weighted by Gasteiger charge is -2.34. The molecule has 0 aliphatic carbocycles. The third-order valence-electron chi connectivity index (χ3n) is 3.72. The van der Waals surface area contributed by atoms with Crippen LogP contribution in [-0.2, 0) is 11.3 Å². The predicted octanol–water partition coefficient (Wildman–Crippen LogP) is 1.69. The molecule has 8 heteroatoms. The lowest BCUT2D eigenvalue weighted by molar-refractivity contribution is -0.0707. The average molecular weight is 348 g/mol. The van der Waals surface area contributed by atoms with Gasteiger partial charge in [-0.25, -0.2) is 4.98 Å². The Hall–Kier alpha value is -2.03. The Morgan fingerprint density at radius 3 is 2.92 bits per heavy atom. The molecular weight excluding hydrogens is 328 g/mol. The topological polar surface area (TPSA) is 87.3 Å². The van der Waals surface area contributed by atoms with Gasteiger partial charge in [0.1, 0.15) is 5.56 Å². The Morgan fingerprint density at radius 1 is 1.46 bits per heavy atom. The monoisotopic (exact) mass is 348 g/mol. The van der Waals surface area contributed by atoms with E-state index < -0.39 is 11.5 Å². The minimum Gasteiger partial charge on any atom is -0.373 e. The van der Waals surface area contributed by atoms with Crippen LogP contribution in [0.3, 0.4) is 0 Å². The Balaban J connectivity index is 1.62. The zero-order chi connectivity index (χ0) is 17.1. The van der Waals surface area contributed by atoms with E-state index in [-0.39, 0.29) is 17.8 Å². The van der Waals surface area contributed by atoms with Gasteiger partial charge >= 0.3 is 0 Å². The van der Waals surface area contributed by atoms with Gasteiger partial charge in [0, 0.05) is 31.2 Å². The maximum absolute atomic E-state index is 12.1. The number of nitrogens with zero attached hydrogens (tertiary/aromatic N) is 2. The zero-order valence-corrected chi connectivity index (χ0v) is 14.4. The fourth-order valence-electron chi connectivity index (χ4n) is 2.84. The molecule has 7 nitrogen and oxygen atoms in total. The van der Waals surface area contributed by atoms with Gasteiger partial charge in [-0.3, -0.25) is 19.8 Å². The van der Waals surface area contributed by atoms with E-state index >= 15 is 0 Å². The van der Waals surface area contributed by atoms with Crippen LogP contribution in [0.1, 0.15) is 29.9 Å². The second kappa shape index (κ2) is 7.25. The van der Waals surface area contributed by atoms with Crippen LogP contribution in [0.25, 0.3) is 0 Å².